The van der Waals surface area contributed by atoms with Crippen LogP contribution in [0.2, 0.25) is 0 Å². The highest BCUT2D eigenvalue weighted by Gasteiger charge is 2.15. The minimum Gasteiger partial charge on any atom is -0.491 e. The molecule has 0 spiro atoms. The monoisotopic (exact) mass is 405 g/mol. The number of hydrogen-bond acceptors (Lipinski definition) is 3. The molecule has 3 aromatic rings. The van der Waals surface area contributed by atoms with Gasteiger partial charge in [0.1, 0.15) is 12.4 Å². The lowest BCUT2D eigenvalue weighted by molar-refractivity contribution is -0.120. The van der Waals surface area contributed by atoms with Crippen LogP contribution < -0.4 is 10.1 Å². The fraction of sp³-hybridized carbons (Fsp3) is 0.360. The van der Waals surface area contributed by atoms with Crippen LogP contribution in [0.1, 0.15) is 30.8 Å². The van der Waals surface area contributed by atoms with Gasteiger partial charge in [-0.2, -0.15) is 5.10 Å². The third kappa shape index (κ3) is 5.50. The van der Waals surface area contributed by atoms with Crippen LogP contribution in [0, 0.1) is 19.8 Å². The van der Waals surface area contributed by atoms with Crippen molar-refractivity contribution in [3.63, 3.8) is 0 Å². The summed E-state index contributed by atoms with van der Waals surface area (Å²) in [5.41, 5.74) is 5.18. The summed E-state index contributed by atoms with van der Waals surface area (Å²) >= 11 is 0. The Morgan fingerprint density at radius 3 is 2.50 bits per heavy atom. The van der Waals surface area contributed by atoms with Gasteiger partial charge in [-0.05, 0) is 31.4 Å². The molecule has 0 saturated heterocycles. The zero-order valence-corrected chi connectivity index (χ0v) is 18.3. The van der Waals surface area contributed by atoms with Gasteiger partial charge in [-0.1, -0.05) is 62.4 Å². The van der Waals surface area contributed by atoms with Gasteiger partial charge in [-0.3, -0.25) is 9.48 Å². The van der Waals surface area contributed by atoms with Crippen LogP contribution in [-0.4, -0.2) is 28.8 Å². The van der Waals surface area contributed by atoms with E-state index in [1.807, 2.05) is 61.0 Å². The molecule has 3 rings (SSSR count). The molecule has 5 heteroatoms. The molecule has 5 nitrogen and oxygen atoms in total. The standard InChI is InChI=1S/C25H31N3O2/c1-18(2)17-28-20(4)23(19(3)27-28)16-25(29)26-14-15-30-24-13-9-8-12-22(24)21-10-6-5-7-11-21/h5-13,18H,14-17H2,1-4H3,(H,26,29). The predicted molar refractivity (Wildman–Crippen MR) is 121 cm³/mol. The molecule has 1 N–H and O–H groups in total. The maximum atomic E-state index is 12.4. The molecule has 0 bridgehead atoms. The van der Waals surface area contributed by atoms with Crippen LogP contribution in [0.4, 0.5) is 0 Å². The van der Waals surface area contributed by atoms with Crippen molar-refractivity contribution < 1.29 is 9.53 Å². The summed E-state index contributed by atoms with van der Waals surface area (Å²) < 4.78 is 7.96. The number of benzene rings is 2. The van der Waals surface area contributed by atoms with Crippen molar-refractivity contribution in [2.24, 2.45) is 5.92 Å². The summed E-state index contributed by atoms with van der Waals surface area (Å²) in [7, 11) is 0. The number of ether oxygens (including phenoxy) is 1. The van der Waals surface area contributed by atoms with Crippen molar-refractivity contribution in [3.8, 4) is 16.9 Å². The second-order valence-electron chi connectivity index (χ2n) is 7.96. The van der Waals surface area contributed by atoms with Crippen molar-refractivity contribution in [1.29, 1.82) is 0 Å². The highest BCUT2D eigenvalue weighted by molar-refractivity contribution is 5.79. The molecular weight excluding hydrogens is 374 g/mol. The first kappa shape index (κ1) is 21.6. The molecule has 1 heterocycles. The Bertz CT molecular complexity index is 977. The van der Waals surface area contributed by atoms with E-state index in [4.69, 9.17) is 4.74 Å². The largest absolute Gasteiger partial charge is 0.491 e. The first-order valence-electron chi connectivity index (χ1n) is 10.5. The molecule has 0 aliphatic heterocycles. The molecule has 0 radical (unpaired) electrons. The molecule has 1 aromatic heterocycles. The number of para-hydroxylation sites is 1. The molecule has 0 aliphatic carbocycles. The Labute approximate surface area is 179 Å². The third-order valence-electron chi connectivity index (χ3n) is 5.06. The number of rotatable bonds is 9. The van der Waals surface area contributed by atoms with Gasteiger partial charge in [0.25, 0.3) is 0 Å². The zero-order chi connectivity index (χ0) is 21.5. The van der Waals surface area contributed by atoms with Gasteiger partial charge < -0.3 is 10.1 Å². The lowest BCUT2D eigenvalue weighted by Crippen LogP contribution is -2.29. The van der Waals surface area contributed by atoms with Gasteiger partial charge in [0.2, 0.25) is 5.91 Å². The number of aryl methyl sites for hydroxylation is 1. The van der Waals surface area contributed by atoms with E-state index >= 15 is 0 Å². The molecule has 0 aliphatic rings. The number of nitrogens with zero attached hydrogens (tertiary/aromatic N) is 2. The van der Waals surface area contributed by atoms with E-state index in [0.717, 1.165) is 40.4 Å². The maximum Gasteiger partial charge on any atom is 0.224 e. The molecule has 0 saturated carbocycles. The van der Waals surface area contributed by atoms with Crippen LogP contribution in [0.3, 0.4) is 0 Å². The molecular formula is C25H31N3O2. The summed E-state index contributed by atoms with van der Waals surface area (Å²) in [6.07, 6.45) is 0.344. The number of nitrogens with one attached hydrogen (secondary N) is 1. The first-order chi connectivity index (χ1) is 14.5. The van der Waals surface area contributed by atoms with E-state index in [0.29, 0.717) is 25.5 Å². The molecule has 1 amide bonds. The lowest BCUT2D eigenvalue weighted by Gasteiger charge is -2.12. The van der Waals surface area contributed by atoms with Crippen LogP contribution >= 0.6 is 0 Å². The minimum absolute atomic E-state index is 0.00904. The van der Waals surface area contributed by atoms with Crippen molar-refractivity contribution in [3.05, 3.63) is 71.5 Å². The number of amides is 1. The van der Waals surface area contributed by atoms with Crippen LogP contribution in [0.15, 0.2) is 54.6 Å². The van der Waals surface area contributed by atoms with E-state index in [1.165, 1.54) is 0 Å². The van der Waals surface area contributed by atoms with Gasteiger partial charge in [0.05, 0.1) is 18.7 Å². The minimum atomic E-state index is -0.00904. The van der Waals surface area contributed by atoms with E-state index < -0.39 is 0 Å². The van der Waals surface area contributed by atoms with Crippen LogP contribution in [0.25, 0.3) is 11.1 Å². The normalized spacial score (nSPS) is 11.0. The quantitative estimate of drug-likeness (QED) is 0.531. The Morgan fingerprint density at radius 2 is 1.77 bits per heavy atom. The Hall–Kier alpha value is -3.08. The predicted octanol–water partition coefficient (Wildman–Crippen LogP) is 4.56. The average Bonchev–Trinajstić information content (AvgIpc) is 2.99. The molecule has 158 valence electrons. The highest BCUT2D eigenvalue weighted by Crippen LogP contribution is 2.29. The smallest absolute Gasteiger partial charge is 0.224 e. The third-order valence-corrected chi connectivity index (χ3v) is 5.06. The fourth-order valence-corrected chi connectivity index (χ4v) is 3.54. The van der Waals surface area contributed by atoms with Crippen LogP contribution in [0.5, 0.6) is 5.75 Å². The number of hydrogen-bond donors (Lipinski definition) is 1. The lowest BCUT2D eigenvalue weighted by atomic mass is 10.1. The van der Waals surface area contributed by atoms with E-state index in [2.05, 4.69) is 36.4 Å². The summed E-state index contributed by atoms with van der Waals surface area (Å²) in [4.78, 5) is 12.4. The molecule has 0 atom stereocenters. The SMILES string of the molecule is Cc1nn(CC(C)C)c(C)c1CC(=O)NCCOc1ccccc1-c1ccccc1. The van der Waals surface area contributed by atoms with Crippen molar-refractivity contribution in [1.82, 2.24) is 15.1 Å². The summed E-state index contributed by atoms with van der Waals surface area (Å²) in [6.45, 7) is 10.1. The highest BCUT2D eigenvalue weighted by atomic mass is 16.5. The molecule has 0 unspecified atom stereocenters. The average molecular weight is 406 g/mol. The Balaban J connectivity index is 1.53. The summed E-state index contributed by atoms with van der Waals surface area (Å²) in [6, 6.07) is 18.1. The van der Waals surface area contributed by atoms with Crippen LogP contribution in [-0.2, 0) is 17.8 Å². The van der Waals surface area contributed by atoms with Crippen molar-refractivity contribution in [2.45, 2.75) is 40.7 Å². The first-order valence-corrected chi connectivity index (χ1v) is 10.5. The van der Waals surface area contributed by atoms with Crippen molar-refractivity contribution >= 4 is 5.91 Å². The van der Waals surface area contributed by atoms with Gasteiger partial charge in [-0.15, -0.1) is 0 Å². The molecule has 2 aromatic carbocycles. The van der Waals surface area contributed by atoms with Gasteiger partial charge in [0.15, 0.2) is 0 Å². The van der Waals surface area contributed by atoms with E-state index in [9.17, 15) is 4.79 Å². The van der Waals surface area contributed by atoms with Gasteiger partial charge >= 0.3 is 0 Å². The van der Waals surface area contributed by atoms with E-state index in [-0.39, 0.29) is 5.91 Å². The number of carbonyl (C=O) groups is 1. The Kier molecular flexibility index (Phi) is 7.28. The van der Waals surface area contributed by atoms with Gasteiger partial charge in [0, 0.05) is 23.4 Å². The second-order valence-corrected chi connectivity index (χ2v) is 7.96. The fourth-order valence-electron chi connectivity index (χ4n) is 3.54. The topological polar surface area (TPSA) is 56.2 Å². The zero-order valence-electron chi connectivity index (χ0n) is 18.3. The molecule has 0 fully saturated rings. The van der Waals surface area contributed by atoms with Gasteiger partial charge in [-0.25, -0.2) is 0 Å². The number of aromatic nitrogens is 2. The molecule has 30 heavy (non-hydrogen) atoms. The van der Waals surface area contributed by atoms with Crippen molar-refractivity contribution in [2.75, 3.05) is 13.2 Å². The van der Waals surface area contributed by atoms with E-state index in [1.54, 1.807) is 0 Å². The second kappa shape index (κ2) is 10.1. The maximum absolute atomic E-state index is 12.4. The Morgan fingerprint density at radius 1 is 1.07 bits per heavy atom. The number of carbonyl (C=O) groups excluding carboxylic acids is 1. The summed E-state index contributed by atoms with van der Waals surface area (Å²) in [5.74, 6) is 1.32. The summed E-state index contributed by atoms with van der Waals surface area (Å²) in [5, 5.41) is 7.55.